The molecule has 1 saturated heterocycles. The van der Waals surface area contributed by atoms with Gasteiger partial charge < -0.3 is 20.1 Å². The summed E-state index contributed by atoms with van der Waals surface area (Å²) in [6.07, 6.45) is 5.97. The second-order valence-corrected chi connectivity index (χ2v) is 7.60. The molecule has 1 aromatic heterocycles. The van der Waals surface area contributed by atoms with E-state index in [0.29, 0.717) is 5.92 Å². The Bertz CT molecular complexity index is 797. The molecule has 3 heterocycles. The number of nitrogens with zero attached hydrogens (tertiary/aromatic N) is 3. The topological polar surface area (TPSA) is 62.2 Å². The molecule has 6 heteroatoms. The van der Waals surface area contributed by atoms with Gasteiger partial charge in [-0.05, 0) is 36.1 Å². The molecule has 4 rings (SSSR count). The first-order valence-corrected chi connectivity index (χ1v) is 9.53. The molecule has 0 unspecified atom stereocenters. The summed E-state index contributed by atoms with van der Waals surface area (Å²) < 4.78 is 2.20. The Hall–Kier alpha value is -2.34. The molecule has 0 bridgehead atoms. The Labute approximate surface area is 154 Å². The fraction of sp³-hybridized carbons (Fsp3) is 0.500. The number of hydrogen-bond acceptors (Lipinski definition) is 3. The van der Waals surface area contributed by atoms with Crippen molar-refractivity contribution in [1.29, 1.82) is 0 Å². The average molecular weight is 353 g/mol. The zero-order valence-electron chi connectivity index (χ0n) is 15.5. The van der Waals surface area contributed by atoms with E-state index in [1.807, 2.05) is 23.4 Å². The van der Waals surface area contributed by atoms with E-state index in [1.165, 1.54) is 11.1 Å². The highest BCUT2D eigenvalue weighted by molar-refractivity contribution is 5.89. The number of nitrogens with one attached hydrogen (secondary N) is 2. The lowest BCUT2D eigenvalue weighted by Gasteiger charge is -2.26. The van der Waals surface area contributed by atoms with Crippen molar-refractivity contribution < 1.29 is 4.79 Å². The summed E-state index contributed by atoms with van der Waals surface area (Å²) in [4.78, 5) is 19.3. The van der Waals surface area contributed by atoms with E-state index < -0.39 is 0 Å². The van der Waals surface area contributed by atoms with Crippen LogP contribution in [0.25, 0.3) is 0 Å². The van der Waals surface area contributed by atoms with Crippen LogP contribution in [0, 0.1) is 0 Å². The Balaban J connectivity index is 1.44. The third-order valence-electron chi connectivity index (χ3n) is 5.40. The van der Waals surface area contributed by atoms with Gasteiger partial charge in [0.05, 0.1) is 6.04 Å². The molecule has 2 aliphatic rings. The molecule has 2 N–H and O–H groups in total. The Morgan fingerprint density at radius 1 is 1.35 bits per heavy atom. The molecule has 1 atom stereocenters. The summed E-state index contributed by atoms with van der Waals surface area (Å²) in [7, 11) is 0. The summed E-state index contributed by atoms with van der Waals surface area (Å²) in [5.74, 6) is 1.47. The van der Waals surface area contributed by atoms with E-state index in [-0.39, 0.29) is 12.1 Å². The number of amides is 2. The fourth-order valence-electron chi connectivity index (χ4n) is 4.06. The molecule has 2 aromatic rings. The van der Waals surface area contributed by atoms with E-state index in [0.717, 1.165) is 50.5 Å². The molecule has 2 amide bonds. The number of likely N-dealkylation sites (tertiary alicyclic amines) is 1. The smallest absolute Gasteiger partial charge is 0.322 e. The van der Waals surface area contributed by atoms with Gasteiger partial charge in [0, 0.05) is 50.2 Å². The molecule has 1 aromatic carbocycles. The normalized spacial score (nSPS) is 19.2. The standard InChI is InChI=1S/C20H27N5O/c1-14(2)19-22-7-9-24(19)13-18-4-3-8-25(18)20(26)23-17-6-5-15-11-21-12-16(15)10-17/h5-7,9-10,14,18,21H,3-4,8,11-13H2,1-2H3,(H,23,26)/t18-/m1/s1. The van der Waals surface area contributed by atoms with E-state index in [4.69, 9.17) is 0 Å². The van der Waals surface area contributed by atoms with Crippen molar-refractivity contribution in [3.05, 3.63) is 47.5 Å². The van der Waals surface area contributed by atoms with Crippen LogP contribution < -0.4 is 10.6 Å². The number of hydrogen-bond donors (Lipinski definition) is 2. The van der Waals surface area contributed by atoms with Gasteiger partial charge >= 0.3 is 6.03 Å². The van der Waals surface area contributed by atoms with Crippen molar-refractivity contribution in [2.45, 2.75) is 58.3 Å². The molecular formula is C20H27N5O. The maximum Gasteiger partial charge on any atom is 0.322 e. The highest BCUT2D eigenvalue weighted by atomic mass is 16.2. The minimum absolute atomic E-state index is 0.00428. The summed E-state index contributed by atoms with van der Waals surface area (Å²) in [6.45, 7) is 7.73. The van der Waals surface area contributed by atoms with Gasteiger partial charge in [0.2, 0.25) is 0 Å². The van der Waals surface area contributed by atoms with Crippen molar-refractivity contribution in [2.75, 3.05) is 11.9 Å². The monoisotopic (exact) mass is 353 g/mol. The molecule has 0 saturated carbocycles. The molecule has 2 aliphatic heterocycles. The predicted octanol–water partition coefficient (Wildman–Crippen LogP) is 3.31. The summed E-state index contributed by atoms with van der Waals surface area (Å²) in [5.41, 5.74) is 3.48. The van der Waals surface area contributed by atoms with E-state index in [2.05, 4.69) is 46.2 Å². The van der Waals surface area contributed by atoms with Crippen molar-refractivity contribution >= 4 is 11.7 Å². The lowest BCUT2D eigenvalue weighted by molar-refractivity contribution is 0.200. The number of anilines is 1. The lowest BCUT2D eigenvalue weighted by Crippen LogP contribution is -2.41. The van der Waals surface area contributed by atoms with Gasteiger partial charge in [-0.25, -0.2) is 9.78 Å². The highest BCUT2D eigenvalue weighted by Crippen LogP contribution is 2.24. The van der Waals surface area contributed by atoms with E-state index in [1.54, 1.807) is 0 Å². The summed E-state index contributed by atoms with van der Waals surface area (Å²) in [5, 5.41) is 6.43. The fourth-order valence-corrected chi connectivity index (χ4v) is 4.06. The van der Waals surface area contributed by atoms with E-state index in [9.17, 15) is 4.79 Å². The van der Waals surface area contributed by atoms with Crippen LogP contribution >= 0.6 is 0 Å². The van der Waals surface area contributed by atoms with Crippen LogP contribution in [0.3, 0.4) is 0 Å². The number of fused-ring (bicyclic) bond motifs is 1. The van der Waals surface area contributed by atoms with Crippen LogP contribution in [0.1, 0.15) is 49.6 Å². The van der Waals surface area contributed by atoms with Crippen LogP contribution in [0.4, 0.5) is 10.5 Å². The first-order valence-electron chi connectivity index (χ1n) is 9.53. The predicted molar refractivity (Wildman–Crippen MR) is 102 cm³/mol. The molecule has 26 heavy (non-hydrogen) atoms. The van der Waals surface area contributed by atoms with Crippen LogP contribution in [-0.2, 0) is 19.6 Å². The number of aromatic nitrogens is 2. The molecular weight excluding hydrogens is 326 g/mol. The van der Waals surface area contributed by atoms with Crippen molar-refractivity contribution in [3.8, 4) is 0 Å². The second-order valence-electron chi connectivity index (χ2n) is 7.60. The number of carbonyl (C=O) groups is 1. The maximum atomic E-state index is 12.8. The largest absolute Gasteiger partial charge is 0.333 e. The van der Waals surface area contributed by atoms with Gasteiger partial charge in [0.25, 0.3) is 0 Å². The number of carbonyl (C=O) groups excluding carboxylic acids is 1. The minimum Gasteiger partial charge on any atom is -0.333 e. The molecule has 1 fully saturated rings. The van der Waals surface area contributed by atoms with Crippen LogP contribution in [0.2, 0.25) is 0 Å². The van der Waals surface area contributed by atoms with Crippen molar-refractivity contribution in [1.82, 2.24) is 19.8 Å². The molecule has 0 radical (unpaired) electrons. The molecule has 0 spiro atoms. The van der Waals surface area contributed by atoms with Gasteiger partial charge in [0.1, 0.15) is 5.82 Å². The first-order chi connectivity index (χ1) is 12.6. The average Bonchev–Trinajstić information content (AvgIpc) is 3.34. The van der Waals surface area contributed by atoms with Gasteiger partial charge in [-0.2, -0.15) is 0 Å². The number of rotatable bonds is 4. The summed E-state index contributed by atoms with van der Waals surface area (Å²) >= 11 is 0. The Morgan fingerprint density at radius 3 is 3.04 bits per heavy atom. The maximum absolute atomic E-state index is 12.8. The van der Waals surface area contributed by atoms with Gasteiger partial charge in [-0.1, -0.05) is 19.9 Å². The molecule has 6 nitrogen and oxygen atoms in total. The van der Waals surface area contributed by atoms with Crippen molar-refractivity contribution in [2.24, 2.45) is 0 Å². The zero-order chi connectivity index (χ0) is 18.1. The Kier molecular flexibility index (Phi) is 4.68. The van der Waals surface area contributed by atoms with Gasteiger partial charge in [-0.15, -0.1) is 0 Å². The first kappa shape index (κ1) is 17.1. The third kappa shape index (κ3) is 3.33. The van der Waals surface area contributed by atoms with Crippen LogP contribution in [0.5, 0.6) is 0 Å². The van der Waals surface area contributed by atoms with E-state index >= 15 is 0 Å². The van der Waals surface area contributed by atoms with Gasteiger partial charge in [0.15, 0.2) is 0 Å². The Morgan fingerprint density at radius 2 is 2.19 bits per heavy atom. The summed E-state index contributed by atoms with van der Waals surface area (Å²) in [6, 6.07) is 6.42. The molecule has 0 aliphatic carbocycles. The zero-order valence-corrected chi connectivity index (χ0v) is 15.5. The highest BCUT2D eigenvalue weighted by Gasteiger charge is 2.29. The third-order valence-corrected chi connectivity index (χ3v) is 5.40. The minimum atomic E-state index is 0.00428. The SMILES string of the molecule is CC(C)c1nccn1C[C@H]1CCCN1C(=O)Nc1ccc2c(c1)CNC2. The van der Waals surface area contributed by atoms with Crippen molar-refractivity contribution in [3.63, 3.8) is 0 Å². The number of urea groups is 1. The van der Waals surface area contributed by atoms with Crippen LogP contribution in [0.15, 0.2) is 30.6 Å². The molecule has 138 valence electrons. The number of benzene rings is 1. The quantitative estimate of drug-likeness (QED) is 0.886. The lowest BCUT2D eigenvalue weighted by atomic mass is 10.1. The number of imidazole rings is 1. The second kappa shape index (κ2) is 7.11. The van der Waals surface area contributed by atoms with Gasteiger partial charge in [-0.3, -0.25) is 0 Å². The van der Waals surface area contributed by atoms with Crippen LogP contribution in [-0.4, -0.2) is 33.1 Å².